The Morgan fingerprint density at radius 2 is 1.94 bits per heavy atom. The van der Waals surface area contributed by atoms with Gasteiger partial charge in [-0.25, -0.2) is 13.1 Å². The van der Waals surface area contributed by atoms with Crippen LogP contribution in [0, 0.1) is 5.92 Å². The van der Waals surface area contributed by atoms with E-state index in [1.165, 1.54) is 6.42 Å². The lowest BCUT2D eigenvalue weighted by atomic mass is 9.84. The molecule has 0 saturated heterocycles. The van der Waals surface area contributed by atoms with Gasteiger partial charge in [0.15, 0.2) is 0 Å². The molecule has 0 aliphatic heterocycles. The first-order chi connectivity index (χ1) is 8.44. The Balaban J connectivity index is 2.52. The molecule has 1 atom stereocenters. The zero-order valence-electron chi connectivity index (χ0n) is 10.5. The smallest absolute Gasteiger partial charge is 0.304 e. The zero-order valence-corrected chi connectivity index (χ0v) is 11.3. The van der Waals surface area contributed by atoms with E-state index in [1.54, 1.807) is 0 Å². The molecule has 0 amide bonds. The third kappa shape index (κ3) is 5.32. The minimum atomic E-state index is -3.55. The summed E-state index contributed by atoms with van der Waals surface area (Å²) in [6, 6.07) is -0.260. The van der Waals surface area contributed by atoms with Gasteiger partial charge in [0.2, 0.25) is 10.0 Å². The van der Waals surface area contributed by atoms with E-state index in [-0.39, 0.29) is 30.7 Å². The van der Waals surface area contributed by atoms with Crippen molar-refractivity contribution in [2.75, 3.05) is 12.3 Å². The average molecular weight is 278 g/mol. The first-order valence-electron chi connectivity index (χ1n) is 6.36. The molecule has 0 spiro atoms. The van der Waals surface area contributed by atoms with E-state index in [2.05, 4.69) is 4.72 Å². The second kappa shape index (κ2) is 7.06. The van der Waals surface area contributed by atoms with E-state index in [9.17, 15) is 13.2 Å². The molecule has 0 heterocycles. The zero-order chi connectivity index (χ0) is 13.6. The molecule has 18 heavy (non-hydrogen) atoms. The van der Waals surface area contributed by atoms with Crippen molar-refractivity contribution in [3.8, 4) is 0 Å². The van der Waals surface area contributed by atoms with Gasteiger partial charge in [0.05, 0.1) is 12.2 Å². The van der Waals surface area contributed by atoms with Gasteiger partial charge in [0.1, 0.15) is 0 Å². The van der Waals surface area contributed by atoms with Gasteiger partial charge < -0.3 is 10.8 Å². The van der Waals surface area contributed by atoms with Gasteiger partial charge in [0, 0.05) is 12.6 Å². The average Bonchev–Trinajstić information content (AvgIpc) is 2.35. The summed E-state index contributed by atoms with van der Waals surface area (Å²) < 4.78 is 26.0. The Bertz CT molecular complexity index is 363. The van der Waals surface area contributed by atoms with Crippen LogP contribution in [0.3, 0.4) is 0 Å². The van der Waals surface area contributed by atoms with Gasteiger partial charge in [-0.05, 0) is 18.8 Å². The fourth-order valence-corrected chi connectivity index (χ4v) is 3.70. The maximum atomic E-state index is 11.7. The number of carbonyl (C=O) groups is 1. The fourth-order valence-electron chi connectivity index (χ4n) is 2.38. The summed E-state index contributed by atoms with van der Waals surface area (Å²) in [4.78, 5) is 10.4. The number of carboxylic acids is 1. The quantitative estimate of drug-likeness (QED) is 0.620. The van der Waals surface area contributed by atoms with Crippen LogP contribution in [0.2, 0.25) is 0 Å². The van der Waals surface area contributed by atoms with Crippen LogP contribution in [-0.4, -0.2) is 37.8 Å². The van der Waals surface area contributed by atoms with Crippen molar-refractivity contribution >= 4 is 16.0 Å². The van der Waals surface area contributed by atoms with Crippen LogP contribution in [0.1, 0.15) is 38.5 Å². The van der Waals surface area contributed by atoms with Gasteiger partial charge in [0.25, 0.3) is 0 Å². The molecule has 0 bridgehead atoms. The van der Waals surface area contributed by atoms with Crippen molar-refractivity contribution in [1.82, 2.24) is 4.72 Å². The molecule has 1 aliphatic rings. The summed E-state index contributed by atoms with van der Waals surface area (Å²) >= 11 is 0. The molecular weight excluding hydrogens is 256 g/mol. The summed E-state index contributed by atoms with van der Waals surface area (Å²) in [5.74, 6) is -1.21. The lowest BCUT2D eigenvalue weighted by molar-refractivity contribution is -0.136. The second-order valence-corrected chi connectivity index (χ2v) is 6.69. The third-order valence-electron chi connectivity index (χ3n) is 3.39. The standard InChI is InChI=1S/C11H22N2O4S/c12-8-10(9-4-2-1-3-5-9)13-18(16,17)7-6-11(14)15/h9-10,13H,1-8,12H2,(H,14,15). The van der Waals surface area contributed by atoms with Crippen molar-refractivity contribution in [2.24, 2.45) is 11.7 Å². The highest BCUT2D eigenvalue weighted by atomic mass is 32.2. The van der Waals surface area contributed by atoms with E-state index in [4.69, 9.17) is 10.8 Å². The third-order valence-corrected chi connectivity index (χ3v) is 4.79. The number of hydrogen-bond acceptors (Lipinski definition) is 4. The number of nitrogens with one attached hydrogen (secondary N) is 1. The maximum Gasteiger partial charge on any atom is 0.304 e. The van der Waals surface area contributed by atoms with Crippen LogP contribution in [0.4, 0.5) is 0 Å². The summed E-state index contributed by atoms with van der Waals surface area (Å²) in [7, 11) is -3.55. The number of nitrogens with two attached hydrogens (primary N) is 1. The van der Waals surface area contributed by atoms with Gasteiger partial charge in [-0.3, -0.25) is 4.79 Å². The minimum Gasteiger partial charge on any atom is -0.481 e. The lowest BCUT2D eigenvalue weighted by Crippen LogP contribution is -2.46. The summed E-state index contributed by atoms with van der Waals surface area (Å²) in [6.45, 7) is 0.261. The molecule has 1 rings (SSSR count). The topological polar surface area (TPSA) is 109 Å². The SMILES string of the molecule is NCC(NS(=O)(=O)CCC(=O)O)C1CCCCC1. The highest BCUT2D eigenvalue weighted by Crippen LogP contribution is 2.26. The van der Waals surface area contributed by atoms with Gasteiger partial charge in [-0.2, -0.15) is 0 Å². The van der Waals surface area contributed by atoms with Gasteiger partial charge in [-0.15, -0.1) is 0 Å². The van der Waals surface area contributed by atoms with Crippen LogP contribution >= 0.6 is 0 Å². The van der Waals surface area contributed by atoms with Crippen LogP contribution in [-0.2, 0) is 14.8 Å². The van der Waals surface area contributed by atoms with Crippen molar-refractivity contribution in [3.05, 3.63) is 0 Å². The van der Waals surface area contributed by atoms with Crippen LogP contribution in [0.5, 0.6) is 0 Å². The largest absolute Gasteiger partial charge is 0.481 e. The Kier molecular flexibility index (Phi) is 6.04. The van der Waals surface area contributed by atoms with Crippen LogP contribution in [0.25, 0.3) is 0 Å². The molecule has 0 aromatic carbocycles. The molecule has 106 valence electrons. The molecule has 1 fully saturated rings. The number of aliphatic carboxylic acids is 1. The molecule has 4 N–H and O–H groups in total. The lowest BCUT2D eigenvalue weighted by Gasteiger charge is -2.29. The first kappa shape index (κ1) is 15.4. The van der Waals surface area contributed by atoms with E-state index in [0.717, 1.165) is 25.7 Å². The fraction of sp³-hybridized carbons (Fsp3) is 0.909. The molecule has 1 aliphatic carbocycles. The van der Waals surface area contributed by atoms with E-state index < -0.39 is 16.0 Å². The second-order valence-electron chi connectivity index (χ2n) is 4.82. The van der Waals surface area contributed by atoms with Crippen molar-refractivity contribution < 1.29 is 18.3 Å². The van der Waals surface area contributed by atoms with Gasteiger partial charge in [-0.1, -0.05) is 19.3 Å². The molecular formula is C11H22N2O4S. The Morgan fingerprint density at radius 3 is 2.44 bits per heavy atom. The van der Waals surface area contributed by atoms with Crippen LogP contribution < -0.4 is 10.5 Å². The number of hydrogen-bond donors (Lipinski definition) is 3. The van der Waals surface area contributed by atoms with E-state index in [0.29, 0.717) is 0 Å². The maximum absolute atomic E-state index is 11.7. The van der Waals surface area contributed by atoms with Crippen LogP contribution in [0.15, 0.2) is 0 Å². The normalized spacial score (nSPS) is 19.6. The predicted molar refractivity (Wildman–Crippen MR) is 68.6 cm³/mol. The molecule has 6 nitrogen and oxygen atoms in total. The van der Waals surface area contributed by atoms with E-state index in [1.807, 2.05) is 0 Å². The molecule has 7 heteroatoms. The number of rotatable bonds is 7. The minimum absolute atomic E-state index is 0.260. The monoisotopic (exact) mass is 278 g/mol. The summed E-state index contributed by atoms with van der Waals surface area (Å²) in [5, 5.41) is 8.50. The van der Waals surface area contributed by atoms with Crippen molar-refractivity contribution in [2.45, 2.75) is 44.6 Å². The van der Waals surface area contributed by atoms with Gasteiger partial charge >= 0.3 is 5.97 Å². The predicted octanol–water partition coefficient (Wildman–Crippen LogP) is 0.288. The Morgan fingerprint density at radius 1 is 1.33 bits per heavy atom. The van der Waals surface area contributed by atoms with E-state index >= 15 is 0 Å². The molecule has 0 radical (unpaired) electrons. The summed E-state index contributed by atoms with van der Waals surface area (Å²) in [6.07, 6.45) is 5.01. The molecule has 0 aromatic rings. The highest BCUT2D eigenvalue weighted by Gasteiger charge is 2.26. The van der Waals surface area contributed by atoms with Crippen molar-refractivity contribution in [1.29, 1.82) is 0 Å². The highest BCUT2D eigenvalue weighted by molar-refractivity contribution is 7.89. The number of sulfonamides is 1. The molecule has 1 saturated carbocycles. The summed E-state index contributed by atoms with van der Waals surface area (Å²) in [5.41, 5.74) is 5.62. The first-order valence-corrected chi connectivity index (χ1v) is 8.01. The number of carboxylic acid groups (broad SMARTS) is 1. The molecule has 1 unspecified atom stereocenters. The Labute approximate surface area is 108 Å². The Hall–Kier alpha value is -0.660. The molecule has 0 aromatic heterocycles. The van der Waals surface area contributed by atoms with Crippen molar-refractivity contribution in [3.63, 3.8) is 0 Å².